The molecule has 0 aliphatic rings. The molecule has 1 aromatic carbocycles. The zero-order valence-electron chi connectivity index (χ0n) is 8.37. The molecule has 1 N–H and O–H groups in total. The van der Waals surface area contributed by atoms with Crippen molar-refractivity contribution in [3.05, 3.63) is 22.7 Å². The van der Waals surface area contributed by atoms with Crippen LogP contribution in [-0.2, 0) is 0 Å². The summed E-state index contributed by atoms with van der Waals surface area (Å²) in [5, 5.41) is 9.91. The van der Waals surface area contributed by atoms with Gasteiger partial charge in [0.15, 0.2) is 0 Å². The van der Waals surface area contributed by atoms with Crippen molar-refractivity contribution in [3.63, 3.8) is 0 Å². The summed E-state index contributed by atoms with van der Waals surface area (Å²) in [6.45, 7) is 1.63. The second kappa shape index (κ2) is 4.53. The molecule has 1 unspecified atom stereocenters. The maximum Gasteiger partial charge on any atom is 0.138 e. The normalized spacial score (nSPS) is 12.4. The maximum absolute atomic E-state index is 9.52. The Morgan fingerprint density at radius 1 is 1.21 bits per heavy atom. The summed E-state index contributed by atoms with van der Waals surface area (Å²) in [6, 6.07) is 3.42. The SMILES string of the molecule is COc1ccc(OC)c(C(C)O)c1Cl. The van der Waals surface area contributed by atoms with Crippen LogP contribution in [0, 0.1) is 0 Å². The number of rotatable bonds is 3. The lowest BCUT2D eigenvalue weighted by Crippen LogP contribution is -1.99. The number of methoxy groups -OCH3 is 2. The molecule has 0 fully saturated rings. The monoisotopic (exact) mass is 216 g/mol. The average molecular weight is 217 g/mol. The van der Waals surface area contributed by atoms with Gasteiger partial charge in [-0.15, -0.1) is 0 Å². The first-order chi connectivity index (χ1) is 6.61. The molecule has 0 spiro atoms. The van der Waals surface area contributed by atoms with E-state index in [1.807, 2.05) is 0 Å². The number of halogens is 1. The second-order valence-corrected chi connectivity index (χ2v) is 3.25. The van der Waals surface area contributed by atoms with Gasteiger partial charge in [-0.05, 0) is 19.1 Å². The zero-order chi connectivity index (χ0) is 10.7. The summed E-state index contributed by atoms with van der Waals surface area (Å²) in [5.74, 6) is 1.09. The van der Waals surface area contributed by atoms with Crippen LogP contribution in [0.5, 0.6) is 11.5 Å². The third-order valence-corrected chi connectivity index (χ3v) is 2.35. The molecule has 0 radical (unpaired) electrons. The Morgan fingerprint density at radius 3 is 2.14 bits per heavy atom. The smallest absolute Gasteiger partial charge is 0.138 e. The molecule has 0 aromatic heterocycles. The number of hydrogen-bond donors (Lipinski definition) is 1. The zero-order valence-corrected chi connectivity index (χ0v) is 9.13. The van der Waals surface area contributed by atoms with E-state index in [0.717, 1.165) is 0 Å². The molecule has 0 saturated heterocycles. The summed E-state index contributed by atoms with van der Waals surface area (Å²) in [6.07, 6.45) is -0.687. The molecule has 0 aliphatic heterocycles. The summed E-state index contributed by atoms with van der Waals surface area (Å²) in [5.41, 5.74) is 0.550. The molecular weight excluding hydrogens is 204 g/mol. The van der Waals surface area contributed by atoms with E-state index < -0.39 is 6.10 Å². The quantitative estimate of drug-likeness (QED) is 0.844. The predicted molar refractivity (Wildman–Crippen MR) is 55.2 cm³/mol. The van der Waals surface area contributed by atoms with Gasteiger partial charge in [-0.1, -0.05) is 11.6 Å². The first kappa shape index (κ1) is 11.1. The Bertz CT molecular complexity index is 323. The highest BCUT2D eigenvalue weighted by Crippen LogP contribution is 2.38. The van der Waals surface area contributed by atoms with Crippen LogP contribution in [0.25, 0.3) is 0 Å². The van der Waals surface area contributed by atoms with Crippen LogP contribution in [0.3, 0.4) is 0 Å². The number of hydrogen-bond acceptors (Lipinski definition) is 3. The highest BCUT2D eigenvalue weighted by molar-refractivity contribution is 6.33. The standard InChI is InChI=1S/C10H13ClO3/c1-6(12)9-7(13-2)4-5-8(14-3)10(9)11/h4-6,12H,1-3H3. The van der Waals surface area contributed by atoms with Crippen molar-refractivity contribution >= 4 is 11.6 Å². The molecule has 0 aliphatic carbocycles. The lowest BCUT2D eigenvalue weighted by molar-refractivity contribution is 0.194. The molecule has 0 heterocycles. The Balaban J connectivity index is 3.31. The largest absolute Gasteiger partial charge is 0.496 e. The minimum absolute atomic E-state index is 0.391. The third kappa shape index (κ3) is 1.94. The van der Waals surface area contributed by atoms with E-state index in [0.29, 0.717) is 22.1 Å². The fraction of sp³-hybridized carbons (Fsp3) is 0.400. The molecule has 1 rings (SSSR count). The van der Waals surface area contributed by atoms with E-state index in [1.165, 1.54) is 14.2 Å². The molecule has 3 nitrogen and oxygen atoms in total. The molecule has 1 atom stereocenters. The molecule has 1 aromatic rings. The van der Waals surface area contributed by atoms with Crippen LogP contribution in [0.1, 0.15) is 18.6 Å². The molecule has 4 heteroatoms. The van der Waals surface area contributed by atoms with Gasteiger partial charge < -0.3 is 14.6 Å². The van der Waals surface area contributed by atoms with Gasteiger partial charge in [-0.2, -0.15) is 0 Å². The Morgan fingerprint density at radius 2 is 1.71 bits per heavy atom. The van der Waals surface area contributed by atoms with Crippen LogP contribution < -0.4 is 9.47 Å². The van der Waals surface area contributed by atoms with Crippen LogP contribution in [0.15, 0.2) is 12.1 Å². The van der Waals surface area contributed by atoms with Gasteiger partial charge in [0.2, 0.25) is 0 Å². The van der Waals surface area contributed by atoms with Crippen LogP contribution in [0.4, 0.5) is 0 Å². The van der Waals surface area contributed by atoms with Crippen LogP contribution >= 0.6 is 11.6 Å². The van der Waals surface area contributed by atoms with Crippen molar-refractivity contribution in [1.82, 2.24) is 0 Å². The van der Waals surface area contributed by atoms with Crippen molar-refractivity contribution < 1.29 is 14.6 Å². The van der Waals surface area contributed by atoms with E-state index in [1.54, 1.807) is 19.1 Å². The number of aliphatic hydroxyl groups excluding tert-OH is 1. The minimum Gasteiger partial charge on any atom is -0.496 e. The Hall–Kier alpha value is -0.930. The summed E-state index contributed by atoms with van der Waals surface area (Å²) < 4.78 is 10.1. The van der Waals surface area contributed by atoms with Crippen LogP contribution in [0.2, 0.25) is 5.02 Å². The lowest BCUT2D eigenvalue weighted by atomic mass is 10.1. The first-order valence-corrected chi connectivity index (χ1v) is 4.58. The Labute approximate surface area is 88.2 Å². The van der Waals surface area contributed by atoms with Gasteiger partial charge >= 0.3 is 0 Å². The predicted octanol–water partition coefficient (Wildman–Crippen LogP) is 2.41. The lowest BCUT2D eigenvalue weighted by Gasteiger charge is -2.14. The van der Waals surface area contributed by atoms with Crippen molar-refractivity contribution in [1.29, 1.82) is 0 Å². The second-order valence-electron chi connectivity index (χ2n) is 2.87. The van der Waals surface area contributed by atoms with E-state index in [4.69, 9.17) is 21.1 Å². The van der Waals surface area contributed by atoms with Crippen molar-refractivity contribution in [3.8, 4) is 11.5 Å². The molecule has 14 heavy (non-hydrogen) atoms. The summed E-state index contributed by atoms with van der Waals surface area (Å²) in [7, 11) is 3.06. The van der Waals surface area contributed by atoms with Crippen molar-refractivity contribution in [2.24, 2.45) is 0 Å². The van der Waals surface area contributed by atoms with E-state index in [2.05, 4.69) is 0 Å². The first-order valence-electron chi connectivity index (χ1n) is 4.20. The van der Waals surface area contributed by atoms with Crippen molar-refractivity contribution in [2.75, 3.05) is 14.2 Å². The van der Waals surface area contributed by atoms with Crippen LogP contribution in [-0.4, -0.2) is 19.3 Å². The third-order valence-electron chi connectivity index (χ3n) is 1.96. The fourth-order valence-electron chi connectivity index (χ4n) is 1.28. The fourth-order valence-corrected chi connectivity index (χ4v) is 1.67. The molecular formula is C10H13ClO3. The van der Waals surface area contributed by atoms with Gasteiger partial charge in [0.05, 0.1) is 25.3 Å². The number of benzene rings is 1. The number of ether oxygens (including phenoxy) is 2. The van der Waals surface area contributed by atoms with Gasteiger partial charge in [0.25, 0.3) is 0 Å². The Kier molecular flexibility index (Phi) is 3.61. The van der Waals surface area contributed by atoms with Gasteiger partial charge in [0, 0.05) is 5.56 Å². The molecule has 0 saturated carbocycles. The molecule has 78 valence electrons. The highest BCUT2D eigenvalue weighted by Gasteiger charge is 2.16. The highest BCUT2D eigenvalue weighted by atomic mass is 35.5. The average Bonchev–Trinajstić information content (AvgIpc) is 2.16. The number of aliphatic hydroxyl groups is 1. The topological polar surface area (TPSA) is 38.7 Å². The van der Waals surface area contributed by atoms with E-state index >= 15 is 0 Å². The van der Waals surface area contributed by atoms with Crippen molar-refractivity contribution in [2.45, 2.75) is 13.0 Å². The maximum atomic E-state index is 9.52. The summed E-state index contributed by atoms with van der Waals surface area (Å²) >= 11 is 6.02. The van der Waals surface area contributed by atoms with E-state index in [9.17, 15) is 5.11 Å². The van der Waals surface area contributed by atoms with E-state index in [-0.39, 0.29) is 0 Å². The van der Waals surface area contributed by atoms with Gasteiger partial charge in [-0.3, -0.25) is 0 Å². The molecule has 0 bridgehead atoms. The minimum atomic E-state index is -0.687. The summed E-state index contributed by atoms with van der Waals surface area (Å²) in [4.78, 5) is 0. The van der Waals surface area contributed by atoms with Gasteiger partial charge in [0.1, 0.15) is 11.5 Å². The molecule has 0 amide bonds. The van der Waals surface area contributed by atoms with Gasteiger partial charge in [-0.25, -0.2) is 0 Å².